The van der Waals surface area contributed by atoms with Crippen molar-refractivity contribution >= 4 is 62.7 Å². The number of aryl methyl sites for hydroxylation is 1. The molecule has 0 saturated carbocycles. The fraction of sp³-hybridized carbons (Fsp3) is 0.472. The maximum Gasteiger partial charge on any atom is 0.251 e. The number of hydrogen-bond donors (Lipinski definition) is 1. The number of anilines is 1. The Morgan fingerprint density at radius 2 is 1.85 bits per heavy atom. The van der Waals surface area contributed by atoms with Crippen molar-refractivity contribution in [3.8, 4) is 0 Å². The zero-order valence-corrected chi connectivity index (χ0v) is 29.8. The molecule has 3 saturated heterocycles. The summed E-state index contributed by atoms with van der Waals surface area (Å²) in [5.41, 5.74) is 2.38. The highest BCUT2D eigenvalue weighted by Crippen LogP contribution is 2.68. The minimum Gasteiger partial charge on any atom is -0.394 e. The second-order valence-corrected chi connectivity index (χ2v) is 15.8. The van der Waals surface area contributed by atoms with Gasteiger partial charge in [-0.15, -0.1) is 24.9 Å². The second-order valence-electron chi connectivity index (χ2n) is 12.7. The van der Waals surface area contributed by atoms with Crippen LogP contribution in [0, 0.1) is 24.7 Å². The molecule has 3 aliphatic rings. The van der Waals surface area contributed by atoms with Gasteiger partial charge in [0.1, 0.15) is 6.04 Å². The Morgan fingerprint density at radius 1 is 1.15 bits per heavy atom. The number of aliphatic hydroxyl groups is 1. The zero-order chi connectivity index (χ0) is 33.3. The molecule has 3 aliphatic heterocycles. The van der Waals surface area contributed by atoms with E-state index in [9.17, 15) is 14.7 Å². The quantitative estimate of drug-likeness (QED) is 0.195. The van der Waals surface area contributed by atoms with Gasteiger partial charge >= 0.3 is 0 Å². The lowest BCUT2D eigenvalue weighted by Gasteiger charge is -2.41. The molecular weight excluding hydrogens is 686 g/mol. The predicted molar refractivity (Wildman–Crippen MR) is 190 cm³/mol. The van der Waals surface area contributed by atoms with E-state index < -0.39 is 28.7 Å². The van der Waals surface area contributed by atoms with Crippen LogP contribution in [0.25, 0.3) is 0 Å². The Morgan fingerprint density at radius 3 is 2.46 bits per heavy atom. The summed E-state index contributed by atoms with van der Waals surface area (Å²) in [6, 6.07) is 13.8. The molecular formula is C36H43BrClN3O4S. The smallest absolute Gasteiger partial charge is 0.251 e. The van der Waals surface area contributed by atoms with Gasteiger partial charge in [0.15, 0.2) is 0 Å². The van der Waals surface area contributed by atoms with Crippen molar-refractivity contribution in [1.29, 1.82) is 0 Å². The van der Waals surface area contributed by atoms with Crippen molar-refractivity contribution in [3.63, 3.8) is 0 Å². The third kappa shape index (κ3) is 5.86. The SMILES string of the molecule is C=CCN(Cc1ccccc1)C(=O)[C@H]1[C@H]2C(=O)N([C@@H](CO)[C@@H](C)CC)C(C(=O)N(CC=C)c3c(C)cccc3Cl)C23CC(Br)[C@@H]1S3. The third-order valence-electron chi connectivity index (χ3n) is 10.0. The first kappa shape index (κ1) is 34.7. The first-order valence-electron chi connectivity index (χ1n) is 15.9. The van der Waals surface area contributed by atoms with Gasteiger partial charge in [0, 0.05) is 29.7 Å². The van der Waals surface area contributed by atoms with E-state index in [-0.39, 0.29) is 46.9 Å². The molecule has 3 amide bonds. The predicted octanol–water partition coefficient (Wildman–Crippen LogP) is 6.25. The molecule has 2 aromatic rings. The molecule has 0 aliphatic carbocycles. The van der Waals surface area contributed by atoms with E-state index in [1.807, 2.05) is 63.2 Å². The zero-order valence-electron chi connectivity index (χ0n) is 26.6. The minimum atomic E-state index is -0.915. The summed E-state index contributed by atoms with van der Waals surface area (Å²) >= 11 is 12.2. The van der Waals surface area contributed by atoms with Crippen molar-refractivity contribution in [2.75, 3.05) is 24.6 Å². The van der Waals surface area contributed by atoms with Crippen LogP contribution in [0.4, 0.5) is 5.69 Å². The van der Waals surface area contributed by atoms with Gasteiger partial charge in [-0.2, -0.15) is 0 Å². The number of carbonyl (C=O) groups is 3. The lowest BCUT2D eigenvalue weighted by molar-refractivity contribution is -0.146. The molecule has 7 nitrogen and oxygen atoms in total. The number of para-hydroxylation sites is 1. The molecule has 3 unspecified atom stereocenters. The van der Waals surface area contributed by atoms with Gasteiger partial charge in [0.05, 0.1) is 39.9 Å². The highest BCUT2D eigenvalue weighted by molar-refractivity contribution is 9.09. The Kier molecular flexibility index (Phi) is 10.8. The lowest BCUT2D eigenvalue weighted by atomic mass is 9.70. The fourth-order valence-electron chi connectivity index (χ4n) is 7.74. The van der Waals surface area contributed by atoms with Crippen LogP contribution in [-0.4, -0.2) is 79.2 Å². The number of alkyl halides is 1. The average molecular weight is 729 g/mol. The van der Waals surface area contributed by atoms with E-state index in [0.29, 0.717) is 36.6 Å². The van der Waals surface area contributed by atoms with Crippen molar-refractivity contribution in [3.05, 3.63) is 90.0 Å². The van der Waals surface area contributed by atoms with E-state index in [4.69, 9.17) is 11.6 Å². The highest BCUT2D eigenvalue weighted by Gasteiger charge is 2.76. The molecule has 1 N–H and O–H groups in total. The van der Waals surface area contributed by atoms with E-state index in [2.05, 4.69) is 29.1 Å². The summed E-state index contributed by atoms with van der Waals surface area (Å²) in [5, 5.41) is 11.0. The standard InChI is InChI=1S/C36H43BrClN3O4S/c1-6-17-39(20-24-14-10-9-11-15-24)33(43)28-29-34(44)41(27(21-42)22(4)8-3)32(36(29)19-25(37)31(28)46-36)35(45)40(18-7-2)30-23(5)13-12-16-26(30)38/h6-7,9-16,22,25,27-29,31-32,42H,1-2,8,17-21H2,3-5H3/t22-,25?,27-,28-,29-,31-,32?,36?/m0/s1. The molecule has 246 valence electrons. The van der Waals surface area contributed by atoms with Gasteiger partial charge in [-0.3, -0.25) is 14.4 Å². The number of amides is 3. The van der Waals surface area contributed by atoms with Gasteiger partial charge in [-0.25, -0.2) is 0 Å². The van der Waals surface area contributed by atoms with Crippen LogP contribution in [0.3, 0.4) is 0 Å². The maximum atomic E-state index is 15.1. The maximum absolute atomic E-state index is 15.1. The second kappa shape index (κ2) is 14.3. The summed E-state index contributed by atoms with van der Waals surface area (Å²) in [4.78, 5) is 49.6. The topological polar surface area (TPSA) is 81.2 Å². The number of fused-ring (bicyclic) bond motifs is 1. The van der Waals surface area contributed by atoms with Gasteiger partial charge < -0.3 is 19.8 Å². The normalized spacial score (nSPS) is 27.7. The molecule has 10 heteroatoms. The molecule has 3 fully saturated rings. The largest absolute Gasteiger partial charge is 0.394 e. The Balaban J connectivity index is 1.63. The number of aliphatic hydroxyl groups excluding tert-OH is 1. The number of likely N-dealkylation sites (tertiary alicyclic amines) is 1. The molecule has 5 rings (SSSR count). The number of rotatable bonds is 13. The monoisotopic (exact) mass is 727 g/mol. The third-order valence-corrected chi connectivity index (χ3v) is 13.5. The van der Waals surface area contributed by atoms with Crippen LogP contribution < -0.4 is 4.90 Å². The van der Waals surface area contributed by atoms with Crippen LogP contribution in [0.15, 0.2) is 73.8 Å². The van der Waals surface area contributed by atoms with E-state index in [1.165, 1.54) is 0 Å². The number of nitrogens with zero attached hydrogens (tertiary/aromatic N) is 3. The van der Waals surface area contributed by atoms with E-state index >= 15 is 4.79 Å². The lowest BCUT2D eigenvalue weighted by Crippen LogP contribution is -2.59. The number of hydrogen-bond acceptors (Lipinski definition) is 5. The molecule has 8 atom stereocenters. The Labute approximate surface area is 290 Å². The van der Waals surface area contributed by atoms with Crippen LogP contribution in [-0.2, 0) is 20.9 Å². The van der Waals surface area contributed by atoms with Gasteiger partial charge in [-0.05, 0) is 36.5 Å². The van der Waals surface area contributed by atoms with E-state index in [0.717, 1.165) is 11.1 Å². The molecule has 2 aromatic carbocycles. The van der Waals surface area contributed by atoms with Crippen LogP contribution in [0.1, 0.15) is 37.8 Å². The summed E-state index contributed by atoms with van der Waals surface area (Å²) in [6.07, 6.45) is 4.61. The highest BCUT2D eigenvalue weighted by atomic mass is 79.9. The molecule has 1 spiro atoms. The van der Waals surface area contributed by atoms with Gasteiger partial charge in [0.25, 0.3) is 5.91 Å². The Bertz CT molecular complexity index is 1470. The van der Waals surface area contributed by atoms with E-state index in [1.54, 1.807) is 44.7 Å². The number of carbonyl (C=O) groups excluding carboxylic acids is 3. The van der Waals surface area contributed by atoms with Crippen LogP contribution in [0.2, 0.25) is 5.02 Å². The Hall–Kier alpha value is -2.59. The van der Waals surface area contributed by atoms with Crippen molar-refractivity contribution < 1.29 is 19.5 Å². The van der Waals surface area contributed by atoms with Crippen LogP contribution in [0.5, 0.6) is 0 Å². The first-order chi connectivity index (χ1) is 22.1. The average Bonchev–Trinajstić information content (AvgIpc) is 3.63. The number of thioether (sulfide) groups is 1. The molecule has 3 heterocycles. The summed E-state index contributed by atoms with van der Waals surface area (Å²) in [5.74, 6) is -2.09. The van der Waals surface area contributed by atoms with Crippen LogP contribution >= 0.6 is 39.3 Å². The van der Waals surface area contributed by atoms with Gasteiger partial charge in [-0.1, -0.05) is 102 Å². The number of benzene rings is 2. The minimum absolute atomic E-state index is 0.0826. The van der Waals surface area contributed by atoms with Gasteiger partial charge in [0.2, 0.25) is 11.8 Å². The summed E-state index contributed by atoms with van der Waals surface area (Å²) in [7, 11) is 0. The number of halogens is 2. The summed E-state index contributed by atoms with van der Waals surface area (Å²) in [6.45, 7) is 14.4. The molecule has 0 aromatic heterocycles. The van der Waals surface area contributed by atoms with Crippen molar-refractivity contribution in [2.45, 2.75) is 67.1 Å². The molecule has 2 bridgehead atoms. The van der Waals surface area contributed by atoms with Crippen molar-refractivity contribution in [1.82, 2.24) is 9.80 Å². The molecule has 0 radical (unpaired) electrons. The molecule has 46 heavy (non-hydrogen) atoms. The fourth-order valence-corrected chi connectivity index (χ4v) is 11.6. The first-order valence-corrected chi connectivity index (χ1v) is 18.1. The summed E-state index contributed by atoms with van der Waals surface area (Å²) < 4.78 is -0.880. The van der Waals surface area contributed by atoms with Crippen molar-refractivity contribution in [2.24, 2.45) is 17.8 Å².